The Balaban J connectivity index is 3.06. The van der Waals surface area contributed by atoms with Crippen LogP contribution in [0.5, 0.6) is 0 Å². The van der Waals surface area contributed by atoms with Crippen LogP contribution in [0, 0.1) is 27.6 Å². The van der Waals surface area contributed by atoms with Gasteiger partial charge in [-0.15, -0.1) is 0 Å². The minimum Gasteiger partial charge on any atom is -0.394 e. The SMILES string of the molecule is C=C/C(=C\C=C/CC(C)OCC(O)CS(=O)CC(O)CO)C(CC(C)(C)C(C)(C)C(CC(C)(C)C)c1ccccc1)C(C)(C)C. The van der Waals surface area contributed by atoms with Gasteiger partial charge in [-0.05, 0) is 70.8 Å². The molecule has 6 unspecified atom stereocenters. The quantitative estimate of drug-likeness (QED) is 0.132. The van der Waals surface area contributed by atoms with Gasteiger partial charge in [0.15, 0.2) is 0 Å². The Morgan fingerprint density at radius 2 is 1.51 bits per heavy atom. The summed E-state index contributed by atoms with van der Waals surface area (Å²) in [7, 11) is -1.42. The first kappa shape index (κ1) is 41.5. The highest BCUT2D eigenvalue weighted by atomic mass is 32.2. The highest BCUT2D eigenvalue weighted by molar-refractivity contribution is 7.85. The third-order valence-corrected chi connectivity index (χ3v) is 11.0. The summed E-state index contributed by atoms with van der Waals surface area (Å²) in [5, 5.41) is 28.5. The fraction of sp³-hybridized carbons (Fsp3) is 0.692. The summed E-state index contributed by atoms with van der Waals surface area (Å²) < 4.78 is 17.8. The molecule has 0 saturated heterocycles. The number of ether oxygens (including phenoxy) is 1. The van der Waals surface area contributed by atoms with Crippen LogP contribution in [0.3, 0.4) is 0 Å². The number of benzene rings is 1. The first-order valence-corrected chi connectivity index (χ1v) is 18.1. The number of aliphatic hydroxyl groups excluding tert-OH is 3. The fourth-order valence-electron chi connectivity index (χ4n) is 5.97. The van der Waals surface area contributed by atoms with Crippen molar-refractivity contribution in [1.82, 2.24) is 0 Å². The summed E-state index contributed by atoms with van der Waals surface area (Å²) in [4.78, 5) is 0. The molecule has 0 aliphatic rings. The van der Waals surface area contributed by atoms with Gasteiger partial charge in [-0.25, -0.2) is 0 Å². The predicted molar refractivity (Wildman–Crippen MR) is 193 cm³/mol. The lowest BCUT2D eigenvalue weighted by Crippen LogP contribution is -2.42. The van der Waals surface area contributed by atoms with Crippen LogP contribution < -0.4 is 0 Å². The molecule has 0 spiro atoms. The molecule has 0 bridgehead atoms. The minimum absolute atomic E-state index is 0.00863. The van der Waals surface area contributed by atoms with Gasteiger partial charge in [0.05, 0.1) is 43.0 Å². The van der Waals surface area contributed by atoms with Gasteiger partial charge in [0.2, 0.25) is 0 Å². The van der Waals surface area contributed by atoms with Crippen molar-refractivity contribution in [3.05, 3.63) is 72.4 Å². The second kappa shape index (κ2) is 18.1. The van der Waals surface area contributed by atoms with Crippen LogP contribution in [0.2, 0.25) is 0 Å². The molecule has 0 aliphatic carbocycles. The smallest absolute Gasteiger partial charge is 0.0888 e. The van der Waals surface area contributed by atoms with Crippen LogP contribution in [-0.2, 0) is 15.5 Å². The molecule has 1 aromatic carbocycles. The molecular formula is C39H66O5S. The van der Waals surface area contributed by atoms with E-state index in [1.165, 1.54) is 11.1 Å². The molecule has 5 nitrogen and oxygen atoms in total. The van der Waals surface area contributed by atoms with Crippen molar-refractivity contribution in [3.63, 3.8) is 0 Å². The lowest BCUT2D eigenvalue weighted by molar-refractivity contribution is 0.00828. The van der Waals surface area contributed by atoms with Gasteiger partial charge < -0.3 is 20.1 Å². The number of allylic oxidation sites excluding steroid dienone is 4. The van der Waals surface area contributed by atoms with E-state index in [-0.39, 0.29) is 45.9 Å². The Morgan fingerprint density at radius 1 is 0.933 bits per heavy atom. The van der Waals surface area contributed by atoms with Gasteiger partial charge in [0.1, 0.15) is 0 Å². The number of aliphatic hydroxyl groups is 3. The van der Waals surface area contributed by atoms with Crippen molar-refractivity contribution in [2.75, 3.05) is 24.7 Å². The molecule has 0 saturated carbocycles. The van der Waals surface area contributed by atoms with E-state index in [2.05, 4.69) is 124 Å². The van der Waals surface area contributed by atoms with Gasteiger partial charge in [-0.2, -0.15) is 0 Å². The normalized spacial score (nSPS) is 18.0. The average Bonchev–Trinajstić information content (AvgIpc) is 2.93. The summed E-state index contributed by atoms with van der Waals surface area (Å²) >= 11 is 0. The molecule has 258 valence electrons. The van der Waals surface area contributed by atoms with E-state index < -0.39 is 29.6 Å². The van der Waals surface area contributed by atoms with Crippen molar-refractivity contribution in [2.45, 2.75) is 120 Å². The summed E-state index contributed by atoms with van der Waals surface area (Å²) in [6.07, 6.45) is 9.13. The molecule has 45 heavy (non-hydrogen) atoms. The Kier molecular flexibility index (Phi) is 16.7. The maximum atomic E-state index is 12.0. The van der Waals surface area contributed by atoms with E-state index in [4.69, 9.17) is 9.84 Å². The van der Waals surface area contributed by atoms with E-state index in [0.717, 1.165) is 12.8 Å². The molecule has 0 radical (unpaired) electrons. The summed E-state index contributed by atoms with van der Waals surface area (Å²) in [6.45, 7) is 29.6. The highest BCUT2D eigenvalue weighted by Crippen LogP contribution is 2.57. The predicted octanol–water partition coefficient (Wildman–Crippen LogP) is 8.24. The number of rotatable bonds is 19. The Labute approximate surface area is 278 Å². The van der Waals surface area contributed by atoms with Crippen LogP contribution in [-0.4, -0.2) is 62.6 Å². The molecular weight excluding hydrogens is 580 g/mol. The maximum Gasteiger partial charge on any atom is 0.0888 e. The van der Waals surface area contributed by atoms with Gasteiger partial charge in [0, 0.05) is 10.8 Å². The lowest BCUT2D eigenvalue weighted by Gasteiger charge is -2.52. The lowest BCUT2D eigenvalue weighted by atomic mass is 9.53. The van der Waals surface area contributed by atoms with Gasteiger partial charge in [-0.3, -0.25) is 4.21 Å². The molecule has 0 amide bonds. The van der Waals surface area contributed by atoms with Crippen molar-refractivity contribution in [1.29, 1.82) is 0 Å². The second-order valence-corrected chi connectivity index (χ2v) is 17.9. The zero-order valence-electron chi connectivity index (χ0n) is 30.3. The van der Waals surface area contributed by atoms with Crippen molar-refractivity contribution in [3.8, 4) is 0 Å². The summed E-state index contributed by atoms with van der Waals surface area (Å²) in [6, 6.07) is 11.0. The second-order valence-electron chi connectivity index (χ2n) is 16.4. The molecule has 3 N–H and O–H groups in total. The summed E-state index contributed by atoms with van der Waals surface area (Å²) in [5.41, 5.74) is 2.93. The van der Waals surface area contributed by atoms with Crippen molar-refractivity contribution in [2.24, 2.45) is 27.6 Å². The van der Waals surface area contributed by atoms with Crippen LogP contribution in [0.4, 0.5) is 0 Å². The third-order valence-electron chi connectivity index (χ3n) is 9.46. The standard InChI is InChI=1S/C39H66O5S/c1-13-30(20-18-17-19-29(2)44-26-33(42)28-45(43)27-32(41)25-40)34(37(6,7)8)24-38(9,10)39(11,12)35(23-36(3,4)5)31-21-15-14-16-22-31/h13-18,20-22,29,32-35,40-42H,1,19,23-28H2,2-12H3/b18-17-,30-20+. The molecule has 0 aromatic heterocycles. The first-order chi connectivity index (χ1) is 20.6. The van der Waals surface area contributed by atoms with E-state index in [9.17, 15) is 14.4 Å². The van der Waals surface area contributed by atoms with E-state index in [1.54, 1.807) is 0 Å². The Morgan fingerprint density at radius 3 is 2.02 bits per heavy atom. The van der Waals surface area contributed by atoms with E-state index >= 15 is 0 Å². The van der Waals surface area contributed by atoms with Crippen LogP contribution in [0.25, 0.3) is 0 Å². The Bertz CT molecular complexity index is 1090. The molecule has 6 atom stereocenters. The largest absolute Gasteiger partial charge is 0.394 e. The molecule has 1 rings (SSSR count). The van der Waals surface area contributed by atoms with Crippen molar-refractivity contribution >= 4 is 10.8 Å². The fourth-order valence-corrected chi connectivity index (χ4v) is 7.17. The van der Waals surface area contributed by atoms with Gasteiger partial charge >= 0.3 is 0 Å². The zero-order valence-corrected chi connectivity index (χ0v) is 31.1. The molecule has 6 heteroatoms. The number of hydrogen-bond acceptors (Lipinski definition) is 5. The molecule has 0 fully saturated rings. The summed E-state index contributed by atoms with van der Waals surface area (Å²) in [5.74, 6) is 0.666. The molecule has 0 heterocycles. The Hall–Kier alpha value is -1.57. The van der Waals surface area contributed by atoms with Crippen LogP contribution >= 0.6 is 0 Å². The maximum absolute atomic E-state index is 12.0. The van der Waals surface area contributed by atoms with Crippen molar-refractivity contribution < 1.29 is 24.3 Å². The molecule has 1 aromatic rings. The third kappa shape index (κ3) is 14.4. The van der Waals surface area contributed by atoms with Crippen LogP contribution in [0.15, 0.2) is 66.8 Å². The van der Waals surface area contributed by atoms with Gasteiger partial charge in [-0.1, -0.05) is 130 Å². The topological polar surface area (TPSA) is 87.0 Å². The average molecular weight is 647 g/mol. The highest BCUT2D eigenvalue weighted by Gasteiger charge is 2.47. The zero-order chi connectivity index (χ0) is 34.6. The van der Waals surface area contributed by atoms with Crippen LogP contribution in [0.1, 0.15) is 107 Å². The van der Waals surface area contributed by atoms with E-state index in [1.807, 2.05) is 13.0 Å². The monoisotopic (exact) mass is 646 g/mol. The molecule has 0 aliphatic heterocycles. The minimum atomic E-state index is -1.42. The van der Waals surface area contributed by atoms with E-state index in [0.29, 0.717) is 18.3 Å². The van der Waals surface area contributed by atoms with Gasteiger partial charge in [0.25, 0.3) is 0 Å². The number of hydrogen-bond donors (Lipinski definition) is 3. The first-order valence-electron chi connectivity index (χ1n) is 16.6.